The zero-order valence-corrected chi connectivity index (χ0v) is 14.0. The van der Waals surface area contributed by atoms with E-state index in [0.717, 1.165) is 0 Å². The second kappa shape index (κ2) is 8.02. The highest BCUT2D eigenvalue weighted by atomic mass is 35.5. The van der Waals surface area contributed by atoms with Crippen LogP contribution in [0.1, 0.15) is 20.8 Å². The molecule has 23 heavy (non-hydrogen) atoms. The Kier molecular flexibility index (Phi) is 6.64. The lowest BCUT2D eigenvalue weighted by Gasteiger charge is -2.24. The molecular formula is C12H14ClN3O6S. The number of amidine groups is 1. The van der Waals surface area contributed by atoms with E-state index in [1.165, 1.54) is 5.94 Å². The topological polar surface area (TPSA) is 127 Å². The van der Waals surface area contributed by atoms with Gasteiger partial charge in [-0.1, -0.05) is 11.6 Å². The smallest absolute Gasteiger partial charge is 0.339 e. The predicted molar refractivity (Wildman–Crippen MR) is 82.9 cm³/mol. The molecule has 0 saturated heterocycles. The maximum Gasteiger partial charge on any atom is 0.339 e. The van der Waals surface area contributed by atoms with Crippen LogP contribution < -0.4 is 5.32 Å². The fourth-order valence-electron chi connectivity index (χ4n) is 1.41. The summed E-state index contributed by atoms with van der Waals surface area (Å²) >= 11 is 6.11. The number of halogens is 1. The van der Waals surface area contributed by atoms with Crippen LogP contribution in [0.3, 0.4) is 0 Å². The van der Waals surface area contributed by atoms with Crippen LogP contribution in [0.25, 0.3) is 0 Å². The Balaban J connectivity index is 3.29. The van der Waals surface area contributed by atoms with E-state index in [1.54, 1.807) is 20.8 Å². The molecule has 0 radical (unpaired) electrons. The van der Waals surface area contributed by atoms with E-state index in [2.05, 4.69) is 19.7 Å². The van der Waals surface area contributed by atoms with Crippen molar-refractivity contribution in [3.63, 3.8) is 0 Å². The van der Waals surface area contributed by atoms with E-state index >= 15 is 0 Å². The van der Waals surface area contributed by atoms with Crippen LogP contribution in [0.15, 0.2) is 25.8 Å². The summed E-state index contributed by atoms with van der Waals surface area (Å²) in [6.07, 6.45) is -0.494. The Morgan fingerprint density at radius 1 is 1.57 bits per heavy atom. The number of nitrogens with one attached hydrogen (secondary N) is 1. The van der Waals surface area contributed by atoms with Crippen LogP contribution in [0.4, 0.5) is 0 Å². The van der Waals surface area contributed by atoms with Crippen LogP contribution in [-0.2, 0) is 34.6 Å². The van der Waals surface area contributed by atoms with Crippen LogP contribution in [0, 0.1) is 0 Å². The van der Waals surface area contributed by atoms with Gasteiger partial charge < -0.3 is 20.0 Å². The molecule has 1 rings (SSSR count). The lowest BCUT2D eigenvalue weighted by molar-refractivity contribution is -0.155. The molecular weight excluding hydrogens is 350 g/mol. The van der Waals surface area contributed by atoms with E-state index in [4.69, 9.17) is 16.3 Å². The number of carbonyl (C=O) groups is 2. The number of hydrogen-bond acceptors (Lipinski definition) is 7. The third kappa shape index (κ3) is 5.29. The molecule has 1 heterocycles. The molecule has 1 aliphatic heterocycles. The molecule has 11 heteroatoms. The molecule has 9 nitrogen and oxygen atoms in total. The van der Waals surface area contributed by atoms with Crippen molar-refractivity contribution in [3.8, 4) is 0 Å². The lowest BCUT2D eigenvalue weighted by Crippen LogP contribution is -2.34. The summed E-state index contributed by atoms with van der Waals surface area (Å²) in [5, 5.41) is 11.6. The molecule has 0 bridgehead atoms. The van der Waals surface area contributed by atoms with Gasteiger partial charge in [0.1, 0.15) is 10.1 Å². The van der Waals surface area contributed by atoms with Crippen molar-refractivity contribution in [2.24, 2.45) is 9.52 Å². The van der Waals surface area contributed by atoms with Gasteiger partial charge in [-0.05, 0) is 25.3 Å². The number of aliphatic carboxylic acids is 1. The molecule has 2 unspecified atom stereocenters. The minimum Gasteiger partial charge on any atom is -0.479 e. The van der Waals surface area contributed by atoms with Crippen molar-refractivity contribution in [2.75, 3.05) is 0 Å². The summed E-state index contributed by atoms with van der Waals surface area (Å²) in [6, 6.07) is 0. The van der Waals surface area contributed by atoms with Crippen molar-refractivity contribution < 1.29 is 29.1 Å². The summed E-state index contributed by atoms with van der Waals surface area (Å²) in [5.74, 6) is 0.0381. The molecule has 0 aromatic carbocycles. The molecule has 0 spiro atoms. The van der Waals surface area contributed by atoms with E-state index in [-0.39, 0.29) is 15.2 Å². The Labute approximate surface area is 139 Å². The van der Waals surface area contributed by atoms with E-state index in [0.29, 0.717) is 12.7 Å². The van der Waals surface area contributed by atoms with Gasteiger partial charge in [-0.15, -0.1) is 0 Å². The van der Waals surface area contributed by atoms with Gasteiger partial charge in [0, 0.05) is 0 Å². The predicted octanol–water partition coefficient (Wildman–Crippen LogP) is 0.857. The molecule has 0 aliphatic carbocycles. The fourth-order valence-corrected chi connectivity index (χ4v) is 2.99. The van der Waals surface area contributed by atoms with Crippen LogP contribution in [-0.4, -0.2) is 40.3 Å². The average Bonchev–Trinajstić information content (AvgIpc) is 2.73. The van der Waals surface area contributed by atoms with Gasteiger partial charge in [0.15, 0.2) is 17.2 Å². The number of carbonyl (C=O) groups excluding carboxylic acids is 2. The van der Waals surface area contributed by atoms with E-state index < -0.39 is 28.4 Å². The summed E-state index contributed by atoms with van der Waals surface area (Å²) in [6.45, 7) is 5.01. The normalized spacial score (nSPS) is 19.0. The summed E-state index contributed by atoms with van der Waals surface area (Å²) < 4.78 is 8.96. The van der Waals surface area contributed by atoms with Gasteiger partial charge in [-0.2, -0.15) is 0 Å². The Hall–Kier alpha value is -2.00. The molecule has 2 N–H and O–H groups in total. The Bertz CT molecular complexity index is 646. The Morgan fingerprint density at radius 2 is 2.22 bits per heavy atom. The van der Waals surface area contributed by atoms with Crippen LogP contribution in [0.5, 0.6) is 0 Å². The zero-order chi connectivity index (χ0) is 17.6. The SMILES string of the molecule is CC(C)(C)OC(C(=O)O)C1=C(Cl)S(=NOC=C=O)C(NC=O)=N1. The second-order valence-corrected chi connectivity index (χ2v) is 7.10. The maximum absolute atomic E-state index is 11.4. The van der Waals surface area contributed by atoms with Gasteiger partial charge >= 0.3 is 5.97 Å². The standard InChI is InChI=1S/C12H14ClN3O6S/c1-12(2,3)22-8(10(19)20)7-9(13)23(16-21-5-4-17)11(15-7)14-6-18/h5-6,8H,1-3H3,(H,19,20)(H,14,15,18). The maximum atomic E-state index is 11.4. The van der Waals surface area contributed by atoms with Crippen molar-refractivity contribution in [1.82, 2.24) is 5.32 Å². The van der Waals surface area contributed by atoms with Gasteiger partial charge in [0.25, 0.3) is 0 Å². The minimum atomic E-state index is -1.46. The molecule has 2 atom stereocenters. The number of rotatable bonds is 6. The molecule has 0 saturated carbocycles. The van der Waals surface area contributed by atoms with E-state index in [1.807, 2.05) is 0 Å². The molecule has 0 fully saturated rings. The van der Waals surface area contributed by atoms with Crippen molar-refractivity contribution >= 4 is 45.8 Å². The first-order valence-corrected chi connectivity index (χ1v) is 7.67. The number of aliphatic imine (C=N–C) groups is 1. The third-order valence-electron chi connectivity index (χ3n) is 2.12. The van der Waals surface area contributed by atoms with Crippen LogP contribution >= 0.6 is 11.6 Å². The lowest BCUT2D eigenvalue weighted by atomic mass is 10.1. The first-order valence-electron chi connectivity index (χ1n) is 6.11. The zero-order valence-electron chi connectivity index (χ0n) is 12.4. The number of carboxylic acid groups (broad SMARTS) is 1. The van der Waals surface area contributed by atoms with Crippen LogP contribution in [0.2, 0.25) is 0 Å². The minimum absolute atomic E-state index is 0.0249. The highest BCUT2D eigenvalue weighted by molar-refractivity contribution is 8.07. The third-order valence-corrected chi connectivity index (χ3v) is 4.11. The van der Waals surface area contributed by atoms with Gasteiger partial charge in [0.05, 0.1) is 16.3 Å². The fraction of sp³-hybridized carbons (Fsp3) is 0.417. The molecule has 1 amide bonds. The van der Waals surface area contributed by atoms with Crippen molar-refractivity contribution in [2.45, 2.75) is 32.5 Å². The van der Waals surface area contributed by atoms with Gasteiger partial charge in [-0.25, -0.2) is 14.6 Å². The number of hydrogen-bond donors (Lipinski definition) is 2. The van der Waals surface area contributed by atoms with Crippen molar-refractivity contribution in [1.29, 1.82) is 0 Å². The molecule has 0 aromatic rings. The summed E-state index contributed by atoms with van der Waals surface area (Å²) in [5.41, 5.74) is -0.889. The molecule has 126 valence electrons. The number of ether oxygens (including phenoxy) is 1. The monoisotopic (exact) mass is 363 g/mol. The largest absolute Gasteiger partial charge is 0.479 e. The van der Waals surface area contributed by atoms with Gasteiger partial charge in [-0.3, -0.25) is 4.79 Å². The number of nitrogens with zero attached hydrogens (tertiary/aromatic N) is 2. The van der Waals surface area contributed by atoms with E-state index in [9.17, 15) is 19.5 Å². The first kappa shape index (κ1) is 19.0. The van der Waals surface area contributed by atoms with Crippen molar-refractivity contribution in [3.05, 3.63) is 16.3 Å². The quantitative estimate of drug-likeness (QED) is 0.312. The first-order chi connectivity index (χ1) is 10.7. The summed E-state index contributed by atoms with van der Waals surface area (Å²) in [7, 11) is -1.40. The summed E-state index contributed by atoms with van der Waals surface area (Å²) in [4.78, 5) is 40.7. The Morgan fingerprint density at radius 3 is 2.70 bits per heavy atom. The highest BCUT2D eigenvalue weighted by Crippen LogP contribution is 2.30. The number of carboxylic acids is 1. The van der Waals surface area contributed by atoms with Gasteiger partial charge in [0.2, 0.25) is 12.7 Å². The molecule has 1 aliphatic rings. The number of amides is 1. The molecule has 0 aromatic heterocycles. The second-order valence-electron chi connectivity index (χ2n) is 4.99. The highest BCUT2D eigenvalue weighted by Gasteiger charge is 2.36. The average molecular weight is 364 g/mol.